The average molecular weight is 490 g/mol. The number of rotatable bonds is 5. The molecule has 0 saturated carbocycles. The predicted octanol–water partition coefficient (Wildman–Crippen LogP) is 6.27. The summed E-state index contributed by atoms with van der Waals surface area (Å²) in [5, 5.41) is 7.65. The van der Waals surface area contributed by atoms with E-state index in [1.807, 2.05) is 86.7 Å². The summed E-state index contributed by atoms with van der Waals surface area (Å²) < 4.78 is 3.98. The third-order valence-electron chi connectivity index (χ3n) is 5.32. The summed E-state index contributed by atoms with van der Waals surface area (Å²) in [5.74, 6) is -0.0771. The van der Waals surface area contributed by atoms with Crippen LogP contribution in [0.4, 0.5) is 5.69 Å². The third kappa shape index (κ3) is 3.93. The van der Waals surface area contributed by atoms with Crippen LogP contribution in [-0.4, -0.2) is 24.7 Å². The molecule has 0 unspecified atom stereocenters. The van der Waals surface area contributed by atoms with Gasteiger partial charge in [0.2, 0.25) is 5.91 Å². The number of hydrogen-bond donors (Lipinski definition) is 1. The molecule has 1 amide bonds. The van der Waals surface area contributed by atoms with Crippen LogP contribution in [0.2, 0.25) is 5.02 Å². The molecule has 2 aromatic carbocycles. The Kier molecular flexibility index (Phi) is 4.98. The molecule has 6 rings (SSSR count). The van der Waals surface area contributed by atoms with Crippen LogP contribution in [0.25, 0.3) is 32.4 Å². The van der Waals surface area contributed by atoms with Gasteiger partial charge in [0.1, 0.15) is 0 Å². The maximum absolute atomic E-state index is 12.7. The minimum absolute atomic E-state index is 0.0771. The van der Waals surface area contributed by atoms with Crippen molar-refractivity contribution in [2.75, 3.05) is 5.32 Å². The van der Waals surface area contributed by atoms with Crippen LogP contribution < -0.4 is 5.32 Å². The summed E-state index contributed by atoms with van der Waals surface area (Å²) in [6, 6.07) is 15.3. The van der Waals surface area contributed by atoms with Crippen LogP contribution in [0.15, 0.2) is 77.9 Å². The first-order valence-electron chi connectivity index (χ1n) is 10.2. The Labute approximate surface area is 201 Å². The molecule has 162 valence electrons. The van der Waals surface area contributed by atoms with Crippen molar-refractivity contribution in [1.29, 1.82) is 0 Å². The Morgan fingerprint density at radius 3 is 2.36 bits per heavy atom. The standard InChI is InChI=1S/C24H16ClN5OS2/c25-17-5-1-15(2-6-17)21-13-30-19(14-33-24(30)28-21)11-22(31)26-18-7-3-16(4-8-18)20-12-29-9-10-32-23(29)27-20/h1-10,12-14H,11H2,(H,26,31). The molecule has 4 aromatic heterocycles. The summed E-state index contributed by atoms with van der Waals surface area (Å²) in [6.07, 6.45) is 6.22. The van der Waals surface area contributed by atoms with Crippen LogP contribution in [0.5, 0.6) is 0 Å². The first kappa shape index (κ1) is 20.2. The van der Waals surface area contributed by atoms with Crippen LogP contribution in [0.1, 0.15) is 5.69 Å². The first-order valence-corrected chi connectivity index (χ1v) is 12.3. The van der Waals surface area contributed by atoms with Gasteiger partial charge in [0, 0.05) is 56.9 Å². The predicted molar refractivity (Wildman–Crippen MR) is 134 cm³/mol. The number of amides is 1. The molecule has 0 bridgehead atoms. The van der Waals surface area contributed by atoms with E-state index in [0.29, 0.717) is 5.02 Å². The molecule has 0 atom stereocenters. The lowest BCUT2D eigenvalue weighted by atomic mass is 10.1. The molecule has 6 aromatic rings. The quantitative estimate of drug-likeness (QED) is 0.310. The Hall–Kier alpha value is -3.46. The fourth-order valence-corrected chi connectivity index (χ4v) is 5.38. The van der Waals surface area contributed by atoms with E-state index in [4.69, 9.17) is 11.6 Å². The number of hydrogen-bond acceptors (Lipinski definition) is 5. The van der Waals surface area contributed by atoms with Crippen molar-refractivity contribution < 1.29 is 4.79 Å². The highest BCUT2D eigenvalue weighted by atomic mass is 35.5. The van der Waals surface area contributed by atoms with Crippen LogP contribution >= 0.6 is 34.3 Å². The molecule has 6 nitrogen and oxygen atoms in total. The Morgan fingerprint density at radius 1 is 0.909 bits per heavy atom. The highest BCUT2D eigenvalue weighted by Crippen LogP contribution is 2.26. The molecular weight excluding hydrogens is 474 g/mol. The van der Waals surface area contributed by atoms with Gasteiger partial charge in [-0.3, -0.25) is 13.6 Å². The second-order valence-corrected chi connectivity index (χ2v) is 9.68. The maximum atomic E-state index is 12.7. The minimum Gasteiger partial charge on any atom is -0.326 e. The van der Waals surface area contributed by atoms with E-state index in [2.05, 4.69) is 15.3 Å². The van der Waals surface area contributed by atoms with Crippen molar-refractivity contribution in [3.8, 4) is 22.5 Å². The van der Waals surface area contributed by atoms with Gasteiger partial charge in [-0.2, -0.15) is 0 Å². The number of carbonyl (C=O) groups excluding carboxylic acids is 1. The van der Waals surface area contributed by atoms with Crippen molar-refractivity contribution in [3.05, 3.63) is 88.6 Å². The van der Waals surface area contributed by atoms with Gasteiger partial charge in [0.05, 0.1) is 17.8 Å². The molecule has 9 heteroatoms. The van der Waals surface area contributed by atoms with Gasteiger partial charge in [0.25, 0.3) is 0 Å². The molecule has 0 aliphatic carbocycles. The van der Waals surface area contributed by atoms with E-state index in [9.17, 15) is 4.79 Å². The largest absolute Gasteiger partial charge is 0.326 e. The fourth-order valence-electron chi connectivity index (χ4n) is 3.68. The number of aromatic nitrogens is 4. The van der Waals surface area contributed by atoms with E-state index in [1.54, 1.807) is 11.3 Å². The van der Waals surface area contributed by atoms with E-state index in [1.165, 1.54) is 11.3 Å². The van der Waals surface area contributed by atoms with E-state index >= 15 is 0 Å². The van der Waals surface area contributed by atoms with Gasteiger partial charge in [-0.25, -0.2) is 9.97 Å². The molecule has 1 N–H and O–H groups in total. The highest BCUT2D eigenvalue weighted by molar-refractivity contribution is 7.15. The Balaban J connectivity index is 1.16. The maximum Gasteiger partial charge on any atom is 0.230 e. The van der Waals surface area contributed by atoms with Gasteiger partial charge in [-0.15, -0.1) is 22.7 Å². The summed E-state index contributed by atoms with van der Waals surface area (Å²) >= 11 is 9.11. The van der Waals surface area contributed by atoms with Crippen LogP contribution in [-0.2, 0) is 11.2 Å². The first-order chi connectivity index (χ1) is 16.1. The zero-order chi connectivity index (χ0) is 22.4. The van der Waals surface area contributed by atoms with Crippen molar-refractivity contribution in [2.24, 2.45) is 0 Å². The van der Waals surface area contributed by atoms with Gasteiger partial charge in [-0.05, 0) is 24.3 Å². The van der Waals surface area contributed by atoms with E-state index < -0.39 is 0 Å². The summed E-state index contributed by atoms with van der Waals surface area (Å²) in [7, 11) is 0. The molecule has 0 fully saturated rings. The summed E-state index contributed by atoms with van der Waals surface area (Å²) in [4.78, 5) is 23.8. The van der Waals surface area contributed by atoms with E-state index in [-0.39, 0.29) is 12.3 Å². The lowest BCUT2D eigenvalue weighted by molar-refractivity contribution is -0.115. The molecule has 0 radical (unpaired) electrons. The van der Waals surface area contributed by atoms with Gasteiger partial charge < -0.3 is 5.32 Å². The van der Waals surface area contributed by atoms with Crippen LogP contribution in [0.3, 0.4) is 0 Å². The molecule has 0 saturated heterocycles. The highest BCUT2D eigenvalue weighted by Gasteiger charge is 2.13. The lowest BCUT2D eigenvalue weighted by Gasteiger charge is -2.06. The molecule has 33 heavy (non-hydrogen) atoms. The molecule has 0 spiro atoms. The Bertz CT molecular complexity index is 1560. The molecule has 0 aliphatic rings. The number of benzene rings is 2. The zero-order valence-electron chi connectivity index (χ0n) is 17.1. The SMILES string of the molecule is O=C(Cc1csc2nc(-c3ccc(Cl)cc3)cn12)Nc1ccc(-c2cn3ccsc3n2)cc1. The van der Waals surface area contributed by atoms with Gasteiger partial charge in [0.15, 0.2) is 9.92 Å². The van der Waals surface area contributed by atoms with Crippen LogP contribution in [0, 0.1) is 0 Å². The smallest absolute Gasteiger partial charge is 0.230 e. The number of carbonyl (C=O) groups is 1. The number of nitrogens with zero attached hydrogens (tertiary/aromatic N) is 4. The lowest BCUT2D eigenvalue weighted by Crippen LogP contribution is -2.15. The summed E-state index contributed by atoms with van der Waals surface area (Å²) in [5.41, 5.74) is 5.42. The normalized spacial score (nSPS) is 11.4. The third-order valence-corrected chi connectivity index (χ3v) is 7.23. The molecule has 0 aliphatic heterocycles. The Morgan fingerprint density at radius 2 is 1.61 bits per heavy atom. The number of halogens is 1. The minimum atomic E-state index is -0.0771. The van der Waals surface area contributed by atoms with Gasteiger partial charge >= 0.3 is 0 Å². The van der Waals surface area contributed by atoms with Gasteiger partial charge in [-0.1, -0.05) is 35.9 Å². The fraction of sp³-hybridized carbons (Fsp3) is 0.0417. The number of thiazole rings is 2. The van der Waals surface area contributed by atoms with Crippen molar-refractivity contribution in [1.82, 2.24) is 18.8 Å². The number of nitrogens with one attached hydrogen (secondary N) is 1. The van der Waals surface area contributed by atoms with Crippen molar-refractivity contribution in [2.45, 2.75) is 6.42 Å². The number of fused-ring (bicyclic) bond motifs is 2. The summed E-state index contributed by atoms with van der Waals surface area (Å²) in [6.45, 7) is 0. The zero-order valence-corrected chi connectivity index (χ0v) is 19.5. The number of anilines is 1. The topological polar surface area (TPSA) is 63.7 Å². The second-order valence-electron chi connectivity index (χ2n) is 7.53. The molecular formula is C24H16ClN5OS2. The second kappa shape index (κ2) is 8.15. The average Bonchev–Trinajstić information content (AvgIpc) is 3.57. The van der Waals surface area contributed by atoms with Crippen molar-refractivity contribution >= 4 is 55.8 Å². The number of imidazole rings is 2. The monoisotopic (exact) mass is 489 g/mol. The van der Waals surface area contributed by atoms with Crippen molar-refractivity contribution in [3.63, 3.8) is 0 Å². The molecule has 4 heterocycles. The van der Waals surface area contributed by atoms with E-state index in [0.717, 1.165) is 43.8 Å².